The van der Waals surface area contributed by atoms with Crippen molar-refractivity contribution in [3.05, 3.63) is 35.9 Å². The second kappa shape index (κ2) is 6.51. The molecule has 0 heterocycles. The van der Waals surface area contributed by atoms with Crippen LogP contribution in [0.25, 0.3) is 0 Å². The molecular weight excluding hydrogens is 238 g/mol. The average molecular weight is 263 g/mol. The second-order valence-corrected chi connectivity index (χ2v) is 5.85. The zero-order chi connectivity index (χ0) is 13.7. The second-order valence-electron chi connectivity index (χ2n) is 5.85. The van der Waals surface area contributed by atoms with Crippen LogP contribution in [0, 0.1) is 5.92 Å². The Morgan fingerprint density at radius 2 is 2.05 bits per heavy atom. The van der Waals surface area contributed by atoms with Crippen molar-refractivity contribution in [2.24, 2.45) is 5.92 Å². The smallest absolute Gasteiger partial charge is 0.0765 e. The van der Waals surface area contributed by atoms with Gasteiger partial charge in [-0.3, -0.25) is 0 Å². The first-order chi connectivity index (χ1) is 9.12. The van der Waals surface area contributed by atoms with Gasteiger partial charge in [0.25, 0.3) is 0 Å². The van der Waals surface area contributed by atoms with E-state index in [1.165, 1.54) is 18.4 Å². The van der Waals surface area contributed by atoms with Crippen molar-refractivity contribution in [1.82, 2.24) is 5.32 Å². The monoisotopic (exact) mass is 263 g/mol. The van der Waals surface area contributed by atoms with E-state index in [4.69, 9.17) is 4.74 Å². The van der Waals surface area contributed by atoms with Gasteiger partial charge in [-0.1, -0.05) is 30.3 Å². The van der Waals surface area contributed by atoms with Gasteiger partial charge in [0.15, 0.2) is 0 Å². The molecule has 0 aliphatic heterocycles. The molecule has 0 radical (unpaired) electrons. The Hall–Kier alpha value is -0.900. The number of rotatable bonds is 8. The number of methoxy groups -OCH3 is 1. The number of hydrogen-bond donors (Lipinski definition) is 2. The number of hydrogen-bond acceptors (Lipinski definition) is 3. The molecule has 2 unspecified atom stereocenters. The fraction of sp³-hybridized carbons (Fsp3) is 0.625. The normalized spacial score (nSPS) is 19.9. The van der Waals surface area contributed by atoms with Gasteiger partial charge in [0.2, 0.25) is 0 Å². The summed E-state index contributed by atoms with van der Waals surface area (Å²) in [6, 6.07) is 10.9. The molecule has 1 aromatic carbocycles. The summed E-state index contributed by atoms with van der Waals surface area (Å²) in [5.74, 6) is 0.723. The summed E-state index contributed by atoms with van der Waals surface area (Å²) in [5.41, 5.74) is 0.616. The van der Waals surface area contributed by atoms with Gasteiger partial charge < -0.3 is 15.2 Å². The summed E-state index contributed by atoms with van der Waals surface area (Å²) in [5, 5.41) is 13.8. The zero-order valence-corrected chi connectivity index (χ0v) is 11.9. The molecule has 0 bridgehead atoms. The highest BCUT2D eigenvalue weighted by Gasteiger charge is 2.33. The fourth-order valence-electron chi connectivity index (χ4n) is 2.39. The van der Waals surface area contributed by atoms with Crippen molar-refractivity contribution in [2.75, 3.05) is 20.3 Å². The van der Waals surface area contributed by atoms with Crippen LogP contribution < -0.4 is 5.32 Å². The molecule has 3 nitrogen and oxygen atoms in total. The first-order valence-corrected chi connectivity index (χ1v) is 7.12. The van der Waals surface area contributed by atoms with E-state index < -0.39 is 5.60 Å². The Morgan fingerprint density at radius 1 is 1.37 bits per heavy atom. The third-order valence-corrected chi connectivity index (χ3v) is 3.80. The average Bonchev–Trinajstić information content (AvgIpc) is 3.22. The highest BCUT2D eigenvalue weighted by atomic mass is 16.5. The first kappa shape index (κ1) is 14.5. The van der Waals surface area contributed by atoms with Gasteiger partial charge in [0, 0.05) is 32.7 Å². The maximum atomic E-state index is 10.3. The van der Waals surface area contributed by atoms with Crippen molar-refractivity contribution < 1.29 is 9.84 Å². The van der Waals surface area contributed by atoms with E-state index in [0.717, 1.165) is 5.92 Å². The highest BCUT2D eigenvalue weighted by molar-refractivity contribution is 5.21. The number of ether oxygens (including phenoxy) is 1. The Kier molecular flexibility index (Phi) is 4.97. The van der Waals surface area contributed by atoms with Gasteiger partial charge in [-0.05, 0) is 31.2 Å². The Morgan fingerprint density at radius 3 is 2.63 bits per heavy atom. The van der Waals surface area contributed by atoms with Gasteiger partial charge in [0.1, 0.15) is 0 Å². The minimum Gasteiger partial charge on any atom is -0.389 e. The largest absolute Gasteiger partial charge is 0.389 e. The quantitative estimate of drug-likeness (QED) is 0.757. The van der Waals surface area contributed by atoms with Crippen LogP contribution in [-0.4, -0.2) is 31.0 Å². The lowest BCUT2D eigenvalue weighted by Gasteiger charge is -2.27. The lowest BCUT2D eigenvalue weighted by Crippen LogP contribution is -2.40. The van der Waals surface area contributed by atoms with Gasteiger partial charge in [-0.25, -0.2) is 0 Å². The summed E-state index contributed by atoms with van der Waals surface area (Å²) in [4.78, 5) is 0. The molecule has 1 aliphatic carbocycles. The van der Waals surface area contributed by atoms with Gasteiger partial charge in [-0.15, -0.1) is 0 Å². The molecule has 0 saturated heterocycles. The van der Waals surface area contributed by atoms with Crippen LogP contribution in [0.5, 0.6) is 0 Å². The van der Waals surface area contributed by atoms with Crippen molar-refractivity contribution >= 4 is 0 Å². The van der Waals surface area contributed by atoms with Crippen LogP contribution in [0.4, 0.5) is 0 Å². The van der Waals surface area contributed by atoms with E-state index >= 15 is 0 Å². The third-order valence-electron chi connectivity index (χ3n) is 3.80. The van der Waals surface area contributed by atoms with E-state index in [1.807, 2.05) is 13.0 Å². The van der Waals surface area contributed by atoms with Crippen molar-refractivity contribution in [1.29, 1.82) is 0 Å². The molecule has 1 saturated carbocycles. The number of benzene rings is 1. The number of aliphatic hydroxyl groups is 1. The molecule has 2 atom stereocenters. The lowest BCUT2D eigenvalue weighted by atomic mass is 9.99. The molecule has 3 heteroatoms. The van der Waals surface area contributed by atoms with Crippen LogP contribution in [0.2, 0.25) is 0 Å². The Labute approximate surface area is 116 Å². The molecule has 2 rings (SSSR count). The van der Waals surface area contributed by atoms with Crippen LogP contribution in [0.15, 0.2) is 30.3 Å². The van der Waals surface area contributed by atoms with Crippen molar-refractivity contribution in [3.8, 4) is 0 Å². The number of nitrogens with one attached hydrogen (secondary N) is 1. The van der Waals surface area contributed by atoms with E-state index in [0.29, 0.717) is 25.6 Å². The molecule has 19 heavy (non-hydrogen) atoms. The Bertz CT molecular complexity index is 374. The maximum absolute atomic E-state index is 10.3. The van der Waals surface area contributed by atoms with Gasteiger partial charge in [-0.2, -0.15) is 0 Å². The summed E-state index contributed by atoms with van der Waals surface area (Å²) >= 11 is 0. The summed E-state index contributed by atoms with van der Waals surface area (Å²) in [6.45, 7) is 3.06. The van der Waals surface area contributed by atoms with Crippen LogP contribution in [-0.2, 0) is 4.74 Å². The summed E-state index contributed by atoms with van der Waals surface area (Å²) < 4.78 is 5.04. The predicted octanol–water partition coefficient (Wildman–Crippen LogP) is 2.51. The minimum absolute atomic E-state index is 0.371. The molecule has 1 aromatic rings. The molecule has 1 aliphatic rings. The molecular formula is C16H25NO2. The van der Waals surface area contributed by atoms with Gasteiger partial charge >= 0.3 is 0 Å². The van der Waals surface area contributed by atoms with E-state index in [-0.39, 0.29) is 0 Å². The minimum atomic E-state index is -0.710. The third kappa shape index (κ3) is 4.60. The Balaban J connectivity index is 1.91. The summed E-state index contributed by atoms with van der Waals surface area (Å²) in [7, 11) is 1.67. The molecule has 106 valence electrons. The zero-order valence-electron chi connectivity index (χ0n) is 11.9. The standard InChI is InChI=1S/C16H25NO2/c1-16(18,10-11-19-2)12-17-15(14-8-9-14)13-6-4-3-5-7-13/h3-7,14-15,17-18H,8-12H2,1-2H3. The molecule has 0 spiro atoms. The van der Waals surface area contributed by atoms with Crippen molar-refractivity contribution in [3.63, 3.8) is 0 Å². The van der Waals surface area contributed by atoms with E-state index in [1.54, 1.807) is 7.11 Å². The fourth-order valence-corrected chi connectivity index (χ4v) is 2.39. The van der Waals surface area contributed by atoms with Crippen molar-refractivity contribution in [2.45, 2.75) is 37.8 Å². The molecule has 1 fully saturated rings. The van der Waals surface area contributed by atoms with Gasteiger partial charge in [0.05, 0.1) is 5.60 Å². The van der Waals surface area contributed by atoms with E-state index in [2.05, 4.69) is 29.6 Å². The SMILES string of the molecule is COCCC(C)(O)CNC(c1ccccc1)C1CC1. The highest BCUT2D eigenvalue weighted by Crippen LogP contribution is 2.41. The van der Waals surface area contributed by atoms with Crippen LogP contribution in [0.1, 0.15) is 37.8 Å². The maximum Gasteiger partial charge on any atom is 0.0765 e. The predicted molar refractivity (Wildman–Crippen MR) is 77.0 cm³/mol. The molecule has 0 amide bonds. The summed E-state index contributed by atoms with van der Waals surface area (Å²) in [6.07, 6.45) is 3.22. The molecule has 2 N–H and O–H groups in total. The van der Waals surface area contributed by atoms with Crippen LogP contribution in [0.3, 0.4) is 0 Å². The van der Waals surface area contributed by atoms with Crippen LogP contribution >= 0.6 is 0 Å². The van der Waals surface area contributed by atoms with E-state index in [9.17, 15) is 5.11 Å². The first-order valence-electron chi connectivity index (χ1n) is 7.12. The lowest BCUT2D eigenvalue weighted by molar-refractivity contribution is 0.0221. The molecule has 0 aromatic heterocycles. The topological polar surface area (TPSA) is 41.5 Å².